The van der Waals surface area contributed by atoms with Gasteiger partial charge in [0.05, 0.1) is 20.8 Å². The Labute approximate surface area is 228 Å². The highest BCUT2D eigenvalue weighted by Crippen LogP contribution is 2.50. The number of nitrogens with one attached hydrogen (secondary N) is 1. The minimum Gasteiger partial charge on any atom is -0.374 e. The predicted molar refractivity (Wildman–Crippen MR) is 133 cm³/mol. The van der Waals surface area contributed by atoms with Gasteiger partial charge in [0, 0.05) is 35.9 Å². The van der Waals surface area contributed by atoms with Crippen LogP contribution in [0.2, 0.25) is 20.2 Å². The van der Waals surface area contributed by atoms with Crippen molar-refractivity contribution in [2.45, 2.75) is 31.7 Å². The van der Waals surface area contributed by atoms with E-state index in [2.05, 4.69) is 15.5 Å². The number of nitrogens with zero attached hydrogens (tertiary/aromatic N) is 2. The van der Waals surface area contributed by atoms with Crippen LogP contribution in [0.15, 0.2) is 47.8 Å². The molecule has 0 saturated carbocycles. The van der Waals surface area contributed by atoms with Crippen LogP contribution < -0.4 is 5.32 Å². The monoisotopic (exact) mass is 593 g/mol. The van der Waals surface area contributed by atoms with Gasteiger partial charge in [0.1, 0.15) is 5.15 Å². The number of alkyl halides is 3. The van der Waals surface area contributed by atoms with Crippen LogP contribution in [-0.4, -0.2) is 22.8 Å². The molecule has 3 aromatic rings. The first-order valence-corrected chi connectivity index (χ1v) is 12.0. The van der Waals surface area contributed by atoms with Gasteiger partial charge in [-0.2, -0.15) is 13.2 Å². The lowest BCUT2D eigenvalue weighted by molar-refractivity contribution is -0.275. The van der Waals surface area contributed by atoms with E-state index in [1.165, 1.54) is 30.5 Å². The topological polar surface area (TPSA) is 63.6 Å². The Morgan fingerprint density at radius 2 is 1.76 bits per heavy atom. The molecular formula is C24H15Cl4F4N3O2. The summed E-state index contributed by atoms with van der Waals surface area (Å²) in [5.41, 5.74) is -1.80. The summed E-state index contributed by atoms with van der Waals surface area (Å²) < 4.78 is 56.5. The predicted octanol–water partition coefficient (Wildman–Crippen LogP) is 7.65. The molecule has 1 aromatic heterocycles. The lowest BCUT2D eigenvalue weighted by Crippen LogP contribution is -2.42. The molecule has 1 aliphatic rings. The van der Waals surface area contributed by atoms with Crippen LogP contribution in [-0.2, 0) is 17.0 Å². The average Bonchev–Trinajstić information content (AvgIpc) is 3.28. The van der Waals surface area contributed by atoms with E-state index in [0.717, 1.165) is 12.1 Å². The molecule has 1 unspecified atom stereocenters. The third kappa shape index (κ3) is 5.36. The van der Waals surface area contributed by atoms with Gasteiger partial charge in [-0.15, -0.1) is 0 Å². The minimum atomic E-state index is -4.94. The first-order valence-electron chi connectivity index (χ1n) is 10.5. The molecule has 13 heteroatoms. The maximum Gasteiger partial charge on any atom is 0.435 e. The molecule has 1 amide bonds. The fraction of sp³-hybridized carbons (Fsp3) is 0.208. The Kier molecular flexibility index (Phi) is 7.63. The van der Waals surface area contributed by atoms with Crippen LogP contribution in [0.5, 0.6) is 0 Å². The molecule has 1 N–H and O–H groups in total. The fourth-order valence-electron chi connectivity index (χ4n) is 3.78. The molecule has 37 heavy (non-hydrogen) atoms. The summed E-state index contributed by atoms with van der Waals surface area (Å²) in [5.74, 6) is -1.47. The van der Waals surface area contributed by atoms with Gasteiger partial charge in [0.15, 0.2) is 5.82 Å². The maximum atomic E-state index is 14.2. The molecule has 194 valence electrons. The number of amides is 1. The highest BCUT2D eigenvalue weighted by atomic mass is 35.5. The van der Waals surface area contributed by atoms with E-state index in [-0.39, 0.29) is 17.4 Å². The van der Waals surface area contributed by atoms with Gasteiger partial charge >= 0.3 is 6.18 Å². The average molecular weight is 595 g/mol. The van der Waals surface area contributed by atoms with Gasteiger partial charge in [0.25, 0.3) is 11.5 Å². The van der Waals surface area contributed by atoms with Crippen molar-refractivity contribution in [2.75, 3.05) is 0 Å². The van der Waals surface area contributed by atoms with Crippen molar-refractivity contribution >= 4 is 58.0 Å². The van der Waals surface area contributed by atoms with Gasteiger partial charge in [-0.05, 0) is 48.4 Å². The Bertz CT molecular complexity index is 1410. The summed E-state index contributed by atoms with van der Waals surface area (Å²) >= 11 is 23.3. The zero-order chi connectivity index (χ0) is 27.1. The first-order chi connectivity index (χ1) is 17.3. The molecule has 0 aliphatic carbocycles. The minimum absolute atomic E-state index is 0.0250. The number of aryl methyl sites for hydroxylation is 1. The summed E-state index contributed by atoms with van der Waals surface area (Å²) in [6, 6.07) is 7.52. The molecule has 0 fully saturated rings. The number of rotatable bonds is 5. The van der Waals surface area contributed by atoms with Crippen molar-refractivity contribution < 1.29 is 27.2 Å². The number of hydrogen-bond donors (Lipinski definition) is 1. The van der Waals surface area contributed by atoms with Crippen LogP contribution in [0.4, 0.5) is 17.6 Å². The summed E-state index contributed by atoms with van der Waals surface area (Å²) in [7, 11) is 0. The quantitative estimate of drug-likeness (QED) is 0.187. The molecule has 4 rings (SSSR count). The molecule has 1 aliphatic heterocycles. The Hall–Kier alpha value is -2.59. The highest BCUT2D eigenvalue weighted by Gasteiger charge is 2.62. The van der Waals surface area contributed by atoms with Crippen LogP contribution in [0.25, 0.3) is 0 Å². The SMILES string of the molecule is Cc1cc(C2=NOC(c3cc(Cl)c(F)c(Cl)c3)(C(F)(F)F)C2)ccc1C(=O)NCc1cnc(Cl)cc1Cl. The normalized spacial score (nSPS) is 17.4. The van der Waals surface area contributed by atoms with Crippen molar-refractivity contribution in [3.8, 4) is 0 Å². The summed E-state index contributed by atoms with van der Waals surface area (Å²) in [6.07, 6.45) is -4.22. The van der Waals surface area contributed by atoms with Gasteiger partial charge in [-0.25, -0.2) is 9.37 Å². The van der Waals surface area contributed by atoms with Crippen molar-refractivity contribution in [3.63, 3.8) is 0 Å². The molecule has 0 bridgehead atoms. The zero-order valence-electron chi connectivity index (χ0n) is 18.7. The number of carbonyl (C=O) groups is 1. The number of pyridine rings is 1. The van der Waals surface area contributed by atoms with Gasteiger partial charge in [-0.3, -0.25) is 4.79 Å². The third-order valence-corrected chi connectivity index (χ3v) is 6.88. The van der Waals surface area contributed by atoms with E-state index in [0.29, 0.717) is 27.3 Å². The summed E-state index contributed by atoms with van der Waals surface area (Å²) in [5, 5.41) is 5.78. The lowest BCUT2D eigenvalue weighted by atomic mass is 9.86. The molecular weight excluding hydrogens is 580 g/mol. The lowest BCUT2D eigenvalue weighted by Gasteiger charge is -2.29. The van der Waals surface area contributed by atoms with E-state index >= 15 is 0 Å². The van der Waals surface area contributed by atoms with Crippen LogP contribution in [0.1, 0.15) is 39.0 Å². The molecule has 0 saturated heterocycles. The zero-order valence-corrected chi connectivity index (χ0v) is 21.7. The van der Waals surface area contributed by atoms with E-state index < -0.39 is 45.5 Å². The summed E-state index contributed by atoms with van der Waals surface area (Å²) in [4.78, 5) is 21.6. The Morgan fingerprint density at radius 1 is 1.08 bits per heavy atom. The van der Waals surface area contributed by atoms with Crippen molar-refractivity contribution in [1.29, 1.82) is 0 Å². The fourth-order valence-corrected chi connectivity index (χ4v) is 4.70. The van der Waals surface area contributed by atoms with Crippen LogP contribution >= 0.6 is 46.4 Å². The first kappa shape index (κ1) is 27.4. The van der Waals surface area contributed by atoms with E-state index in [1.807, 2.05) is 0 Å². The van der Waals surface area contributed by atoms with E-state index in [4.69, 9.17) is 51.2 Å². The van der Waals surface area contributed by atoms with Crippen molar-refractivity contribution in [1.82, 2.24) is 10.3 Å². The number of benzene rings is 2. The number of aromatic nitrogens is 1. The van der Waals surface area contributed by atoms with Crippen LogP contribution in [0, 0.1) is 12.7 Å². The van der Waals surface area contributed by atoms with Crippen LogP contribution in [0.3, 0.4) is 0 Å². The number of carbonyl (C=O) groups excluding carboxylic acids is 1. The van der Waals surface area contributed by atoms with Gasteiger partial charge in [-0.1, -0.05) is 57.6 Å². The highest BCUT2D eigenvalue weighted by molar-refractivity contribution is 6.35. The van der Waals surface area contributed by atoms with Crippen molar-refractivity contribution in [2.24, 2.45) is 5.16 Å². The van der Waals surface area contributed by atoms with E-state index in [1.54, 1.807) is 6.92 Å². The standard InChI is InChI=1S/C24H15Cl4F4N3O2/c1-11-4-12(2-3-15(11)22(36)34-10-13-9-33-20(28)7-16(13)25)19-8-23(37-35-19,24(30,31)32)14-5-17(26)21(29)18(27)6-14/h2-7,9H,8,10H2,1H3,(H,34,36). The second kappa shape index (κ2) is 10.3. The largest absolute Gasteiger partial charge is 0.435 e. The maximum absolute atomic E-state index is 14.2. The van der Waals surface area contributed by atoms with Gasteiger partial charge in [0.2, 0.25) is 0 Å². The molecule has 2 aromatic carbocycles. The molecule has 0 radical (unpaired) electrons. The second-order valence-electron chi connectivity index (χ2n) is 8.20. The van der Waals surface area contributed by atoms with Crippen molar-refractivity contribution in [3.05, 3.63) is 96.5 Å². The third-order valence-electron chi connectivity index (χ3n) is 5.78. The number of oxime groups is 1. The molecule has 0 spiro atoms. The smallest absolute Gasteiger partial charge is 0.374 e. The number of hydrogen-bond acceptors (Lipinski definition) is 4. The number of halogens is 8. The Morgan fingerprint density at radius 3 is 2.35 bits per heavy atom. The second-order valence-corrected chi connectivity index (χ2v) is 9.80. The summed E-state index contributed by atoms with van der Waals surface area (Å²) in [6.45, 7) is 1.71. The molecule has 5 nitrogen and oxygen atoms in total. The molecule has 1 atom stereocenters. The molecule has 2 heterocycles. The van der Waals surface area contributed by atoms with E-state index in [9.17, 15) is 22.4 Å². The van der Waals surface area contributed by atoms with Gasteiger partial charge < -0.3 is 10.2 Å². The Balaban J connectivity index is 1.55.